The van der Waals surface area contributed by atoms with E-state index in [1.165, 1.54) is 0 Å². The number of rotatable bonds is 8. The van der Waals surface area contributed by atoms with Gasteiger partial charge in [-0.05, 0) is 27.9 Å². The van der Waals surface area contributed by atoms with Crippen LogP contribution in [0.1, 0.15) is 13.8 Å². The van der Waals surface area contributed by atoms with Crippen LogP contribution in [0.5, 0.6) is 0 Å². The topological polar surface area (TPSA) is 44.7 Å². The predicted octanol–water partition coefficient (Wildman–Crippen LogP) is -0.0765. The van der Waals surface area contributed by atoms with Gasteiger partial charge in [-0.25, -0.2) is 0 Å². The average Bonchev–Trinajstić information content (AvgIpc) is 2.09. The van der Waals surface area contributed by atoms with Gasteiger partial charge in [0.25, 0.3) is 0 Å². The van der Waals surface area contributed by atoms with E-state index in [1.54, 1.807) is 6.92 Å². The average molecular weight is 204 g/mol. The molecular formula is C10H24N2O2. The van der Waals surface area contributed by atoms with Gasteiger partial charge in [0, 0.05) is 19.1 Å². The summed E-state index contributed by atoms with van der Waals surface area (Å²) in [4.78, 5) is 2.09. The van der Waals surface area contributed by atoms with Crippen molar-refractivity contribution in [1.82, 2.24) is 10.2 Å². The fourth-order valence-corrected chi connectivity index (χ4v) is 0.879. The molecule has 0 fully saturated rings. The lowest BCUT2D eigenvalue weighted by atomic mass is 10.2. The summed E-state index contributed by atoms with van der Waals surface area (Å²) in [5.74, 6) is 0. The van der Waals surface area contributed by atoms with Gasteiger partial charge in [0.2, 0.25) is 0 Å². The molecule has 0 aromatic heterocycles. The number of aliphatic hydroxyl groups excluding tert-OH is 1. The molecule has 4 nitrogen and oxygen atoms in total. The molecule has 0 aliphatic heterocycles. The van der Waals surface area contributed by atoms with Gasteiger partial charge in [0.15, 0.2) is 0 Å². The first kappa shape index (κ1) is 13.8. The first-order chi connectivity index (χ1) is 6.54. The molecule has 2 atom stereocenters. The van der Waals surface area contributed by atoms with Crippen molar-refractivity contribution in [3.63, 3.8) is 0 Å². The number of likely N-dealkylation sites (N-methyl/N-ethyl adjacent to an activating group) is 1. The van der Waals surface area contributed by atoms with Crippen LogP contribution in [0.3, 0.4) is 0 Å². The molecule has 0 amide bonds. The van der Waals surface area contributed by atoms with E-state index in [1.807, 2.05) is 21.0 Å². The zero-order valence-electron chi connectivity index (χ0n) is 9.79. The Hall–Kier alpha value is -0.160. The first-order valence-corrected chi connectivity index (χ1v) is 5.18. The van der Waals surface area contributed by atoms with Gasteiger partial charge in [0.05, 0.1) is 19.3 Å². The van der Waals surface area contributed by atoms with E-state index in [0.29, 0.717) is 6.61 Å². The highest BCUT2D eigenvalue weighted by atomic mass is 16.5. The zero-order valence-corrected chi connectivity index (χ0v) is 9.79. The van der Waals surface area contributed by atoms with Crippen LogP contribution in [0.2, 0.25) is 0 Å². The molecule has 2 unspecified atom stereocenters. The predicted molar refractivity (Wildman–Crippen MR) is 58.5 cm³/mol. The van der Waals surface area contributed by atoms with E-state index < -0.39 is 0 Å². The van der Waals surface area contributed by atoms with Crippen LogP contribution in [-0.4, -0.2) is 62.6 Å². The summed E-state index contributed by atoms with van der Waals surface area (Å²) in [6.45, 7) is 6.95. The number of aliphatic hydroxyl groups is 1. The van der Waals surface area contributed by atoms with Crippen molar-refractivity contribution in [2.24, 2.45) is 0 Å². The lowest BCUT2D eigenvalue weighted by Gasteiger charge is -2.16. The molecule has 4 heteroatoms. The van der Waals surface area contributed by atoms with Crippen molar-refractivity contribution in [2.45, 2.75) is 26.0 Å². The van der Waals surface area contributed by atoms with Gasteiger partial charge in [-0.2, -0.15) is 0 Å². The number of hydrogen-bond acceptors (Lipinski definition) is 4. The highest BCUT2D eigenvalue weighted by molar-refractivity contribution is 4.65. The third kappa shape index (κ3) is 8.44. The van der Waals surface area contributed by atoms with Crippen LogP contribution < -0.4 is 5.32 Å². The van der Waals surface area contributed by atoms with Gasteiger partial charge in [-0.15, -0.1) is 0 Å². The molecule has 0 radical (unpaired) electrons. The molecule has 0 heterocycles. The molecule has 0 saturated heterocycles. The van der Waals surface area contributed by atoms with Crippen molar-refractivity contribution in [3.8, 4) is 0 Å². The van der Waals surface area contributed by atoms with Crippen molar-refractivity contribution in [2.75, 3.05) is 40.4 Å². The molecule has 0 aliphatic carbocycles. The minimum Gasteiger partial charge on any atom is -0.392 e. The van der Waals surface area contributed by atoms with Crippen molar-refractivity contribution >= 4 is 0 Å². The second kappa shape index (κ2) is 8.17. The maximum atomic E-state index is 9.19. The first-order valence-electron chi connectivity index (χ1n) is 5.18. The maximum absolute atomic E-state index is 9.19. The lowest BCUT2D eigenvalue weighted by molar-refractivity contribution is 0.107. The van der Waals surface area contributed by atoms with Crippen LogP contribution in [0, 0.1) is 0 Å². The molecule has 0 aromatic rings. The lowest BCUT2D eigenvalue weighted by Crippen LogP contribution is -2.37. The van der Waals surface area contributed by atoms with Crippen LogP contribution in [0.25, 0.3) is 0 Å². The van der Waals surface area contributed by atoms with E-state index in [4.69, 9.17) is 4.74 Å². The Labute approximate surface area is 87.2 Å². The summed E-state index contributed by atoms with van der Waals surface area (Å²) < 4.78 is 5.39. The summed E-state index contributed by atoms with van der Waals surface area (Å²) in [7, 11) is 4.05. The van der Waals surface area contributed by atoms with E-state index in [0.717, 1.165) is 19.7 Å². The van der Waals surface area contributed by atoms with Gasteiger partial charge >= 0.3 is 0 Å². The molecule has 2 N–H and O–H groups in total. The van der Waals surface area contributed by atoms with Crippen molar-refractivity contribution in [3.05, 3.63) is 0 Å². The molecule has 0 bridgehead atoms. The Morgan fingerprint density at radius 2 is 1.93 bits per heavy atom. The second-order valence-corrected chi connectivity index (χ2v) is 3.90. The SMILES string of the molecule is CC(O)C(C)NCCOCCN(C)C. The third-order valence-corrected chi connectivity index (χ3v) is 2.12. The number of nitrogens with zero attached hydrogens (tertiary/aromatic N) is 1. The third-order valence-electron chi connectivity index (χ3n) is 2.12. The molecule has 0 aliphatic rings. The van der Waals surface area contributed by atoms with E-state index in [2.05, 4.69) is 10.2 Å². The fourth-order valence-electron chi connectivity index (χ4n) is 0.879. The summed E-state index contributed by atoms with van der Waals surface area (Å²) in [6.07, 6.45) is -0.309. The normalized spacial score (nSPS) is 15.9. The van der Waals surface area contributed by atoms with Gasteiger partial charge in [-0.3, -0.25) is 0 Å². The summed E-state index contributed by atoms with van der Waals surface area (Å²) in [5, 5.41) is 12.4. The van der Waals surface area contributed by atoms with E-state index >= 15 is 0 Å². The summed E-state index contributed by atoms with van der Waals surface area (Å²) in [5.41, 5.74) is 0. The minimum absolute atomic E-state index is 0.132. The Morgan fingerprint density at radius 3 is 2.43 bits per heavy atom. The largest absolute Gasteiger partial charge is 0.392 e. The summed E-state index contributed by atoms with van der Waals surface area (Å²) >= 11 is 0. The van der Waals surface area contributed by atoms with Crippen molar-refractivity contribution < 1.29 is 9.84 Å². The second-order valence-electron chi connectivity index (χ2n) is 3.90. The minimum atomic E-state index is -0.309. The van der Waals surface area contributed by atoms with Crippen LogP contribution in [0.4, 0.5) is 0 Å². The summed E-state index contributed by atoms with van der Waals surface area (Å²) in [6, 6.07) is 0.132. The Morgan fingerprint density at radius 1 is 1.29 bits per heavy atom. The highest BCUT2D eigenvalue weighted by Crippen LogP contribution is 1.89. The van der Waals surface area contributed by atoms with Gasteiger partial charge in [0.1, 0.15) is 0 Å². The quantitative estimate of drug-likeness (QED) is 0.543. The molecule has 0 aromatic carbocycles. The molecule has 0 saturated carbocycles. The van der Waals surface area contributed by atoms with Crippen molar-refractivity contribution in [1.29, 1.82) is 0 Å². The highest BCUT2D eigenvalue weighted by Gasteiger charge is 2.06. The molecule has 0 rings (SSSR count). The monoisotopic (exact) mass is 204 g/mol. The van der Waals surface area contributed by atoms with Crippen LogP contribution in [-0.2, 0) is 4.74 Å². The van der Waals surface area contributed by atoms with E-state index in [9.17, 15) is 5.11 Å². The molecule has 86 valence electrons. The number of nitrogens with one attached hydrogen (secondary N) is 1. The van der Waals surface area contributed by atoms with E-state index in [-0.39, 0.29) is 12.1 Å². The van der Waals surface area contributed by atoms with Gasteiger partial charge < -0.3 is 20.1 Å². The maximum Gasteiger partial charge on any atom is 0.0662 e. The zero-order chi connectivity index (χ0) is 11.0. The van der Waals surface area contributed by atoms with Crippen LogP contribution in [0.15, 0.2) is 0 Å². The number of hydrogen-bond donors (Lipinski definition) is 2. The Balaban J connectivity index is 3.13. The molecule has 0 spiro atoms. The molecule has 14 heavy (non-hydrogen) atoms. The Bertz CT molecular complexity index is 129. The van der Waals surface area contributed by atoms with Crippen LogP contribution >= 0.6 is 0 Å². The molecular weight excluding hydrogens is 180 g/mol. The number of ether oxygens (including phenoxy) is 1. The fraction of sp³-hybridized carbons (Fsp3) is 1.00. The smallest absolute Gasteiger partial charge is 0.0662 e. The Kier molecular flexibility index (Phi) is 8.08. The standard InChI is InChI=1S/C10H24N2O2/c1-9(10(2)13)11-5-7-14-8-6-12(3)4/h9-11,13H,5-8H2,1-4H3. The van der Waals surface area contributed by atoms with Gasteiger partial charge in [-0.1, -0.05) is 0 Å².